The van der Waals surface area contributed by atoms with Gasteiger partial charge in [-0.2, -0.15) is 0 Å². The molecule has 78 valence electrons. The molecule has 4 heteroatoms. The van der Waals surface area contributed by atoms with E-state index in [1.807, 2.05) is 36.4 Å². The highest BCUT2D eigenvalue weighted by Crippen LogP contribution is 2.24. The van der Waals surface area contributed by atoms with Crippen molar-refractivity contribution in [2.45, 2.75) is 0 Å². The van der Waals surface area contributed by atoms with Crippen molar-refractivity contribution in [3.63, 3.8) is 0 Å². The Morgan fingerprint density at radius 3 is 2.56 bits per heavy atom. The first-order valence-corrected chi connectivity index (χ1v) is 6.34. The van der Waals surface area contributed by atoms with Gasteiger partial charge in [-0.25, -0.2) is 9.97 Å². The predicted octanol–water partition coefficient (Wildman–Crippen LogP) is 4.31. The Bertz CT molecular complexity index is 695. The van der Waals surface area contributed by atoms with Gasteiger partial charge in [0.1, 0.15) is 5.52 Å². The summed E-state index contributed by atoms with van der Waals surface area (Å²) in [5.41, 5.74) is 3.61. The number of aromatic nitrogens is 2. The van der Waals surface area contributed by atoms with Crippen molar-refractivity contribution in [1.82, 2.24) is 9.97 Å². The summed E-state index contributed by atoms with van der Waals surface area (Å²) in [5, 5.41) is 0. The summed E-state index contributed by atoms with van der Waals surface area (Å²) in [6.45, 7) is 0. The van der Waals surface area contributed by atoms with Gasteiger partial charge in [0.05, 0.1) is 16.6 Å². The van der Waals surface area contributed by atoms with Gasteiger partial charge in [0.25, 0.3) is 0 Å². The highest BCUT2D eigenvalue weighted by molar-refractivity contribution is 9.11. The summed E-state index contributed by atoms with van der Waals surface area (Å²) in [7, 11) is 0. The first-order chi connectivity index (χ1) is 7.74. The van der Waals surface area contributed by atoms with E-state index in [0.717, 1.165) is 31.0 Å². The Kier molecular flexibility index (Phi) is 2.41. The minimum absolute atomic E-state index is 0.896. The average molecular weight is 338 g/mol. The van der Waals surface area contributed by atoms with Crippen molar-refractivity contribution in [2.24, 2.45) is 0 Å². The van der Waals surface area contributed by atoms with Crippen LogP contribution in [-0.4, -0.2) is 9.97 Å². The predicted molar refractivity (Wildman–Crippen MR) is 72.4 cm³/mol. The van der Waals surface area contributed by atoms with Gasteiger partial charge in [-0.15, -0.1) is 0 Å². The number of para-hydroxylation sites is 1. The number of benzene rings is 2. The second-order valence-electron chi connectivity index (χ2n) is 3.46. The molecule has 0 bridgehead atoms. The molecule has 0 aliphatic heterocycles. The molecule has 0 atom stereocenters. The van der Waals surface area contributed by atoms with Crippen molar-refractivity contribution in [3.8, 4) is 0 Å². The van der Waals surface area contributed by atoms with E-state index in [1.54, 1.807) is 0 Å². The minimum atomic E-state index is 0.896. The molecule has 0 radical (unpaired) electrons. The first kappa shape index (κ1) is 10.2. The molecule has 0 amide bonds. The molecule has 0 saturated heterocycles. The molecule has 0 fully saturated rings. The summed E-state index contributed by atoms with van der Waals surface area (Å²) in [4.78, 5) is 9.16. The Balaban J connectivity index is 2.49. The number of halogens is 2. The second-order valence-corrected chi connectivity index (χ2v) is 5.23. The van der Waals surface area contributed by atoms with Crippen LogP contribution < -0.4 is 0 Å². The molecular weight excluding hydrogens is 332 g/mol. The molecule has 3 rings (SSSR count). The van der Waals surface area contributed by atoms with Gasteiger partial charge in [0, 0.05) is 8.95 Å². The van der Waals surface area contributed by atoms with Gasteiger partial charge in [0.2, 0.25) is 0 Å². The maximum absolute atomic E-state index is 4.60. The van der Waals surface area contributed by atoms with Crippen LogP contribution >= 0.6 is 31.9 Å². The number of hydrogen-bond donors (Lipinski definition) is 0. The van der Waals surface area contributed by atoms with Crippen LogP contribution in [0.5, 0.6) is 0 Å². The largest absolute Gasteiger partial charge is 0.244 e. The summed E-state index contributed by atoms with van der Waals surface area (Å²) in [5.74, 6) is 0. The zero-order valence-electron chi connectivity index (χ0n) is 8.11. The van der Waals surface area contributed by atoms with Crippen LogP contribution in [0.4, 0.5) is 0 Å². The molecule has 1 aromatic heterocycles. The van der Waals surface area contributed by atoms with Gasteiger partial charge in [-0.05, 0) is 46.3 Å². The minimum Gasteiger partial charge on any atom is -0.244 e. The molecule has 3 aromatic rings. The lowest BCUT2D eigenvalue weighted by Crippen LogP contribution is -1.87. The first-order valence-electron chi connectivity index (χ1n) is 4.75. The quantitative estimate of drug-likeness (QED) is 0.571. The lowest BCUT2D eigenvalue weighted by atomic mass is 10.2. The van der Waals surface area contributed by atoms with Gasteiger partial charge >= 0.3 is 0 Å². The molecule has 1 heterocycles. The van der Waals surface area contributed by atoms with E-state index in [1.165, 1.54) is 0 Å². The standard InChI is InChI=1S/C12H6Br2N2/c13-7-4-5-9-11(6-7)16-12-8(14)2-1-3-10(12)15-9/h1-6H. The van der Waals surface area contributed by atoms with Crippen LogP contribution in [0.1, 0.15) is 0 Å². The van der Waals surface area contributed by atoms with Crippen molar-refractivity contribution >= 4 is 53.9 Å². The van der Waals surface area contributed by atoms with E-state index >= 15 is 0 Å². The van der Waals surface area contributed by atoms with Crippen molar-refractivity contribution in [1.29, 1.82) is 0 Å². The Labute approximate surface area is 109 Å². The molecule has 0 aliphatic rings. The third-order valence-electron chi connectivity index (χ3n) is 2.38. The summed E-state index contributed by atoms with van der Waals surface area (Å²) >= 11 is 6.92. The number of rotatable bonds is 0. The van der Waals surface area contributed by atoms with Crippen LogP contribution in [0.2, 0.25) is 0 Å². The zero-order valence-corrected chi connectivity index (χ0v) is 11.3. The molecule has 2 aromatic carbocycles. The Morgan fingerprint density at radius 1 is 0.812 bits per heavy atom. The Hall–Kier alpha value is -1.00. The van der Waals surface area contributed by atoms with E-state index in [9.17, 15) is 0 Å². The topological polar surface area (TPSA) is 25.8 Å². The van der Waals surface area contributed by atoms with Gasteiger partial charge in [0.15, 0.2) is 0 Å². The molecule has 16 heavy (non-hydrogen) atoms. The van der Waals surface area contributed by atoms with Gasteiger partial charge in [-0.3, -0.25) is 0 Å². The fourth-order valence-corrected chi connectivity index (χ4v) is 2.43. The normalized spacial score (nSPS) is 11.1. The molecular formula is C12H6Br2N2. The molecule has 0 saturated carbocycles. The molecule has 0 unspecified atom stereocenters. The summed E-state index contributed by atoms with van der Waals surface area (Å²) in [6, 6.07) is 11.8. The number of nitrogens with zero attached hydrogens (tertiary/aromatic N) is 2. The maximum atomic E-state index is 4.60. The van der Waals surface area contributed by atoms with Crippen molar-refractivity contribution in [2.75, 3.05) is 0 Å². The van der Waals surface area contributed by atoms with Crippen molar-refractivity contribution < 1.29 is 0 Å². The van der Waals surface area contributed by atoms with Gasteiger partial charge in [-0.1, -0.05) is 22.0 Å². The summed E-state index contributed by atoms with van der Waals surface area (Å²) in [6.07, 6.45) is 0. The molecule has 2 nitrogen and oxygen atoms in total. The van der Waals surface area contributed by atoms with Crippen LogP contribution in [-0.2, 0) is 0 Å². The van der Waals surface area contributed by atoms with E-state index in [0.29, 0.717) is 0 Å². The van der Waals surface area contributed by atoms with E-state index in [-0.39, 0.29) is 0 Å². The SMILES string of the molecule is Brc1ccc2nc3cccc(Br)c3nc2c1. The van der Waals surface area contributed by atoms with Gasteiger partial charge < -0.3 is 0 Å². The highest BCUT2D eigenvalue weighted by Gasteiger charge is 2.04. The monoisotopic (exact) mass is 336 g/mol. The second kappa shape index (κ2) is 3.79. The zero-order chi connectivity index (χ0) is 11.1. The molecule has 0 N–H and O–H groups in total. The van der Waals surface area contributed by atoms with Crippen LogP contribution in [0.25, 0.3) is 22.1 Å². The smallest absolute Gasteiger partial charge is 0.104 e. The highest BCUT2D eigenvalue weighted by atomic mass is 79.9. The number of fused-ring (bicyclic) bond motifs is 2. The van der Waals surface area contributed by atoms with Crippen LogP contribution in [0.3, 0.4) is 0 Å². The third kappa shape index (κ3) is 1.62. The average Bonchev–Trinajstić information content (AvgIpc) is 2.28. The van der Waals surface area contributed by atoms with Crippen molar-refractivity contribution in [3.05, 3.63) is 45.3 Å². The maximum Gasteiger partial charge on any atom is 0.104 e. The van der Waals surface area contributed by atoms with Crippen LogP contribution in [0, 0.1) is 0 Å². The van der Waals surface area contributed by atoms with E-state index in [4.69, 9.17) is 0 Å². The Morgan fingerprint density at radius 2 is 1.69 bits per heavy atom. The summed E-state index contributed by atoms with van der Waals surface area (Å²) < 4.78 is 1.99. The molecule has 0 aliphatic carbocycles. The fraction of sp³-hybridized carbons (Fsp3) is 0. The van der Waals surface area contributed by atoms with E-state index < -0.39 is 0 Å². The fourth-order valence-electron chi connectivity index (χ4n) is 1.64. The molecule has 0 spiro atoms. The number of hydrogen-bond acceptors (Lipinski definition) is 2. The lowest BCUT2D eigenvalue weighted by molar-refractivity contribution is 1.38. The van der Waals surface area contributed by atoms with Crippen LogP contribution in [0.15, 0.2) is 45.3 Å². The third-order valence-corrected chi connectivity index (χ3v) is 3.51. The lowest BCUT2D eigenvalue weighted by Gasteiger charge is -2.02. The van der Waals surface area contributed by atoms with E-state index in [2.05, 4.69) is 41.8 Å².